The SMILES string of the molecule is COc1cccc(-c2[nH]c3cc([N+](=O)[O-])ccc3c2C2C(=O)Nc3ccccc3C2=O)c1. The van der Waals surface area contributed by atoms with Gasteiger partial charge in [-0.25, -0.2) is 0 Å². The number of ketones is 1. The van der Waals surface area contributed by atoms with Crippen LogP contribution in [0.5, 0.6) is 5.75 Å². The van der Waals surface area contributed by atoms with Crippen molar-refractivity contribution in [2.45, 2.75) is 5.92 Å². The molecule has 3 aromatic carbocycles. The number of hydrogen-bond donors (Lipinski definition) is 2. The molecular weight excluding hydrogens is 410 g/mol. The first-order valence-electron chi connectivity index (χ1n) is 9.86. The van der Waals surface area contributed by atoms with E-state index in [1.54, 1.807) is 55.6 Å². The van der Waals surface area contributed by atoms with E-state index in [-0.39, 0.29) is 11.5 Å². The summed E-state index contributed by atoms with van der Waals surface area (Å²) in [7, 11) is 1.55. The van der Waals surface area contributed by atoms with Crippen LogP contribution in [0.2, 0.25) is 0 Å². The molecule has 0 bridgehead atoms. The number of aromatic nitrogens is 1. The number of carbonyl (C=O) groups excluding carboxylic acids is 2. The van der Waals surface area contributed by atoms with E-state index in [4.69, 9.17) is 4.74 Å². The molecule has 8 heteroatoms. The highest BCUT2D eigenvalue weighted by molar-refractivity contribution is 6.26. The number of non-ortho nitro benzene ring substituents is 1. The van der Waals surface area contributed by atoms with Crippen molar-refractivity contribution >= 4 is 34.0 Å². The predicted molar refractivity (Wildman–Crippen MR) is 119 cm³/mol. The number of rotatable bonds is 4. The first kappa shape index (κ1) is 19.5. The van der Waals surface area contributed by atoms with Gasteiger partial charge in [-0.15, -0.1) is 0 Å². The van der Waals surface area contributed by atoms with Gasteiger partial charge < -0.3 is 15.0 Å². The number of H-pyrrole nitrogens is 1. The van der Waals surface area contributed by atoms with Crippen LogP contribution in [0.25, 0.3) is 22.2 Å². The quantitative estimate of drug-likeness (QED) is 0.279. The maximum atomic E-state index is 13.4. The van der Waals surface area contributed by atoms with Crippen molar-refractivity contribution in [2.75, 3.05) is 12.4 Å². The highest BCUT2D eigenvalue weighted by Gasteiger charge is 2.39. The Balaban J connectivity index is 1.78. The molecule has 0 spiro atoms. The smallest absolute Gasteiger partial charge is 0.271 e. The summed E-state index contributed by atoms with van der Waals surface area (Å²) < 4.78 is 5.33. The zero-order chi connectivity index (χ0) is 22.4. The lowest BCUT2D eigenvalue weighted by Crippen LogP contribution is -2.33. The molecule has 32 heavy (non-hydrogen) atoms. The molecule has 0 aliphatic carbocycles. The van der Waals surface area contributed by atoms with Crippen molar-refractivity contribution in [1.82, 2.24) is 4.98 Å². The molecular formula is C24H17N3O5. The molecule has 8 nitrogen and oxygen atoms in total. The van der Waals surface area contributed by atoms with Gasteiger partial charge in [0, 0.05) is 34.2 Å². The van der Waals surface area contributed by atoms with Gasteiger partial charge in [0.05, 0.1) is 28.9 Å². The van der Waals surface area contributed by atoms with Crippen LogP contribution >= 0.6 is 0 Å². The molecule has 0 saturated heterocycles. The van der Waals surface area contributed by atoms with Crippen LogP contribution in [0, 0.1) is 10.1 Å². The number of benzene rings is 3. The fourth-order valence-electron chi connectivity index (χ4n) is 4.18. The largest absolute Gasteiger partial charge is 0.497 e. The molecule has 1 aliphatic heterocycles. The number of ether oxygens (including phenoxy) is 1. The van der Waals surface area contributed by atoms with E-state index >= 15 is 0 Å². The monoisotopic (exact) mass is 427 g/mol. The van der Waals surface area contributed by atoms with Crippen molar-refractivity contribution in [3.63, 3.8) is 0 Å². The number of carbonyl (C=O) groups is 2. The summed E-state index contributed by atoms with van der Waals surface area (Å²) in [4.78, 5) is 40.6. The average molecular weight is 427 g/mol. The van der Waals surface area contributed by atoms with Gasteiger partial charge in [0.15, 0.2) is 5.78 Å². The van der Waals surface area contributed by atoms with Crippen LogP contribution in [0.4, 0.5) is 11.4 Å². The topological polar surface area (TPSA) is 114 Å². The van der Waals surface area contributed by atoms with Crippen LogP contribution in [0.1, 0.15) is 21.8 Å². The standard InChI is InChI=1S/C24H17N3O5/c1-32-15-6-4-5-13(11-15)22-20(16-10-9-14(27(30)31)12-19(16)25-22)21-23(28)17-7-2-3-8-18(17)26-24(21)29/h2-12,21,25H,1H3,(H,26,29). The molecule has 2 N–H and O–H groups in total. The van der Waals surface area contributed by atoms with Crippen molar-refractivity contribution in [3.8, 4) is 17.0 Å². The van der Waals surface area contributed by atoms with Gasteiger partial charge in [-0.3, -0.25) is 19.7 Å². The second kappa shape index (κ2) is 7.35. The molecule has 0 fully saturated rings. The average Bonchev–Trinajstić information content (AvgIpc) is 3.17. The third-order valence-corrected chi connectivity index (χ3v) is 5.66. The second-order valence-corrected chi connectivity index (χ2v) is 7.46. The molecule has 1 aliphatic rings. The fraction of sp³-hybridized carbons (Fsp3) is 0.0833. The molecule has 1 aromatic heterocycles. The van der Waals surface area contributed by atoms with Crippen LogP contribution in [0.15, 0.2) is 66.7 Å². The lowest BCUT2D eigenvalue weighted by Gasteiger charge is -2.24. The molecule has 0 radical (unpaired) electrons. The van der Waals surface area contributed by atoms with Gasteiger partial charge in [-0.05, 0) is 30.3 Å². The number of aromatic amines is 1. The number of para-hydroxylation sites is 1. The van der Waals surface area contributed by atoms with Gasteiger partial charge in [0.1, 0.15) is 11.7 Å². The number of anilines is 1. The number of nitrogens with one attached hydrogen (secondary N) is 2. The van der Waals surface area contributed by atoms with E-state index in [0.29, 0.717) is 44.7 Å². The zero-order valence-electron chi connectivity index (χ0n) is 16.9. The number of methoxy groups -OCH3 is 1. The first-order chi connectivity index (χ1) is 15.5. The van der Waals surface area contributed by atoms with Crippen LogP contribution in [-0.2, 0) is 4.79 Å². The molecule has 1 unspecified atom stereocenters. The normalized spacial score (nSPS) is 15.3. The number of nitro groups is 1. The third kappa shape index (κ3) is 3.01. The minimum atomic E-state index is -1.11. The maximum Gasteiger partial charge on any atom is 0.271 e. The Morgan fingerprint density at radius 3 is 2.59 bits per heavy atom. The van der Waals surface area contributed by atoms with Crippen LogP contribution in [-0.4, -0.2) is 28.7 Å². The van der Waals surface area contributed by atoms with Crippen molar-refractivity contribution in [1.29, 1.82) is 0 Å². The summed E-state index contributed by atoms with van der Waals surface area (Å²) >= 11 is 0. The number of nitro benzene ring substituents is 1. The summed E-state index contributed by atoms with van der Waals surface area (Å²) in [6.07, 6.45) is 0. The maximum absolute atomic E-state index is 13.4. The van der Waals surface area contributed by atoms with E-state index in [9.17, 15) is 19.7 Å². The zero-order valence-corrected chi connectivity index (χ0v) is 16.9. The minimum Gasteiger partial charge on any atom is -0.497 e. The summed E-state index contributed by atoms with van der Waals surface area (Å²) in [5.74, 6) is -1.28. The Morgan fingerprint density at radius 1 is 1.00 bits per heavy atom. The summed E-state index contributed by atoms with van der Waals surface area (Å²) in [6.45, 7) is 0. The van der Waals surface area contributed by atoms with Crippen LogP contribution in [0.3, 0.4) is 0 Å². The lowest BCUT2D eigenvalue weighted by molar-refractivity contribution is -0.384. The predicted octanol–water partition coefficient (Wildman–Crippen LogP) is 4.67. The molecule has 2 heterocycles. The molecule has 4 aromatic rings. The Kier molecular flexibility index (Phi) is 4.48. The summed E-state index contributed by atoms with van der Waals surface area (Å²) in [5.41, 5.74) is 2.96. The Hall–Kier alpha value is -4.46. The van der Waals surface area contributed by atoms with Crippen molar-refractivity contribution < 1.29 is 19.2 Å². The van der Waals surface area contributed by atoms with Gasteiger partial charge in [-0.2, -0.15) is 0 Å². The van der Waals surface area contributed by atoms with Crippen LogP contribution < -0.4 is 10.1 Å². The van der Waals surface area contributed by atoms with Crippen molar-refractivity contribution in [3.05, 3.63) is 88.0 Å². The van der Waals surface area contributed by atoms with E-state index in [1.807, 2.05) is 6.07 Å². The number of fused-ring (bicyclic) bond motifs is 2. The second-order valence-electron chi connectivity index (χ2n) is 7.46. The fourth-order valence-corrected chi connectivity index (χ4v) is 4.18. The number of amides is 1. The van der Waals surface area contributed by atoms with E-state index in [0.717, 1.165) is 0 Å². The van der Waals surface area contributed by atoms with Gasteiger partial charge >= 0.3 is 0 Å². The summed E-state index contributed by atoms with van der Waals surface area (Å²) in [6, 6.07) is 18.4. The van der Waals surface area contributed by atoms with Gasteiger partial charge in [0.2, 0.25) is 5.91 Å². The van der Waals surface area contributed by atoms with Gasteiger partial charge in [-0.1, -0.05) is 24.3 Å². The number of Topliss-reactive ketones (excluding diaryl/α,β-unsaturated/α-hetero) is 1. The number of hydrogen-bond acceptors (Lipinski definition) is 5. The molecule has 5 rings (SSSR count). The number of nitrogens with zero attached hydrogens (tertiary/aromatic N) is 1. The molecule has 1 atom stereocenters. The van der Waals surface area contributed by atoms with Gasteiger partial charge in [0.25, 0.3) is 5.69 Å². The molecule has 0 saturated carbocycles. The molecule has 158 valence electrons. The first-order valence-corrected chi connectivity index (χ1v) is 9.86. The highest BCUT2D eigenvalue weighted by atomic mass is 16.6. The van der Waals surface area contributed by atoms with E-state index < -0.39 is 16.7 Å². The molecule has 1 amide bonds. The van der Waals surface area contributed by atoms with Crippen molar-refractivity contribution in [2.24, 2.45) is 0 Å². The minimum absolute atomic E-state index is 0.0905. The Morgan fingerprint density at radius 2 is 1.81 bits per heavy atom. The Bertz CT molecular complexity index is 1420. The Labute approximate surface area is 182 Å². The van der Waals surface area contributed by atoms with E-state index in [1.165, 1.54) is 12.1 Å². The lowest BCUT2D eigenvalue weighted by atomic mass is 9.83. The summed E-state index contributed by atoms with van der Waals surface area (Å²) in [5, 5.41) is 14.7. The van der Waals surface area contributed by atoms with E-state index in [2.05, 4.69) is 10.3 Å². The highest BCUT2D eigenvalue weighted by Crippen LogP contribution is 2.41. The third-order valence-electron chi connectivity index (χ3n) is 5.66.